The lowest BCUT2D eigenvalue weighted by molar-refractivity contribution is 0.421. The van der Waals surface area contributed by atoms with E-state index in [1.165, 1.54) is 9.75 Å². The highest BCUT2D eigenvalue weighted by atomic mass is 127. The fourth-order valence-corrected chi connectivity index (χ4v) is 3.04. The molecular formula is C17H21IN6OS. The van der Waals surface area contributed by atoms with Gasteiger partial charge in [0.25, 0.3) is 5.89 Å². The van der Waals surface area contributed by atoms with Gasteiger partial charge in [0, 0.05) is 36.0 Å². The molecule has 0 aliphatic carbocycles. The second-order valence-electron chi connectivity index (χ2n) is 5.35. The topological polar surface area (TPSA) is 88.2 Å². The number of halogens is 1. The van der Waals surface area contributed by atoms with Gasteiger partial charge in [0.15, 0.2) is 11.8 Å². The molecule has 0 saturated heterocycles. The van der Waals surface area contributed by atoms with E-state index in [9.17, 15) is 0 Å². The quantitative estimate of drug-likeness (QED) is 0.318. The fraction of sp³-hybridized carbons (Fsp3) is 0.294. The van der Waals surface area contributed by atoms with E-state index in [1.807, 2.05) is 18.2 Å². The second-order valence-corrected chi connectivity index (χ2v) is 6.72. The van der Waals surface area contributed by atoms with E-state index in [0.717, 1.165) is 12.5 Å². The SMILES string of the molecule is CN=C(NCCc1noc(-c2ccccn2)n1)NCc1ccc(C)s1.I. The zero-order valence-electron chi connectivity index (χ0n) is 14.6. The van der Waals surface area contributed by atoms with E-state index >= 15 is 0 Å². The molecule has 0 aromatic carbocycles. The number of aryl methyl sites for hydroxylation is 1. The molecule has 26 heavy (non-hydrogen) atoms. The number of nitrogens with one attached hydrogen (secondary N) is 2. The third-order valence-corrected chi connectivity index (χ3v) is 4.44. The van der Waals surface area contributed by atoms with E-state index in [2.05, 4.69) is 49.8 Å². The summed E-state index contributed by atoms with van der Waals surface area (Å²) in [7, 11) is 1.75. The maximum absolute atomic E-state index is 5.25. The molecule has 0 atom stereocenters. The molecular weight excluding hydrogens is 463 g/mol. The van der Waals surface area contributed by atoms with Gasteiger partial charge in [-0.05, 0) is 31.2 Å². The maximum Gasteiger partial charge on any atom is 0.276 e. The van der Waals surface area contributed by atoms with Gasteiger partial charge in [0.2, 0.25) is 0 Å². The smallest absolute Gasteiger partial charge is 0.276 e. The Morgan fingerprint density at radius 3 is 2.81 bits per heavy atom. The Kier molecular flexibility index (Phi) is 7.98. The summed E-state index contributed by atoms with van der Waals surface area (Å²) >= 11 is 1.78. The van der Waals surface area contributed by atoms with Crippen molar-refractivity contribution in [2.24, 2.45) is 4.99 Å². The van der Waals surface area contributed by atoms with Crippen molar-refractivity contribution in [1.82, 2.24) is 25.8 Å². The molecule has 9 heteroatoms. The van der Waals surface area contributed by atoms with Crippen molar-refractivity contribution in [3.05, 3.63) is 52.1 Å². The number of guanidine groups is 1. The van der Waals surface area contributed by atoms with Crippen LogP contribution in [-0.4, -0.2) is 34.7 Å². The van der Waals surface area contributed by atoms with Crippen molar-refractivity contribution in [2.75, 3.05) is 13.6 Å². The van der Waals surface area contributed by atoms with Gasteiger partial charge < -0.3 is 15.2 Å². The summed E-state index contributed by atoms with van der Waals surface area (Å²) in [5, 5.41) is 10.5. The number of hydrogen-bond acceptors (Lipinski definition) is 6. The molecule has 138 valence electrons. The van der Waals surface area contributed by atoms with Crippen LogP contribution in [0, 0.1) is 6.92 Å². The van der Waals surface area contributed by atoms with Crippen molar-refractivity contribution < 1.29 is 4.52 Å². The molecule has 0 aliphatic heterocycles. The summed E-state index contributed by atoms with van der Waals surface area (Å²) in [6, 6.07) is 9.82. The minimum atomic E-state index is 0. The zero-order valence-corrected chi connectivity index (χ0v) is 17.7. The fourth-order valence-electron chi connectivity index (χ4n) is 2.21. The van der Waals surface area contributed by atoms with Crippen LogP contribution in [-0.2, 0) is 13.0 Å². The van der Waals surface area contributed by atoms with Crippen LogP contribution in [0.5, 0.6) is 0 Å². The first kappa shape index (κ1) is 20.3. The van der Waals surface area contributed by atoms with Gasteiger partial charge in [-0.2, -0.15) is 4.98 Å². The summed E-state index contributed by atoms with van der Waals surface area (Å²) in [6.07, 6.45) is 2.33. The van der Waals surface area contributed by atoms with Crippen LogP contribution >= 0.6 is 35.3 Å². The lowest BCUT2D eigenvalue weighted by Crippen LogP contribution is -2.37. The van der Waals surface area contributed by atoms with Crippen molar-refractivity contribution >= 4 is 41.3 Å². The number of aromatic nitrogens is 3. The number of aliphatic imine (C=N–C) groups is 1. The Hall–Kier alpha value is -2.01. The van der Waals surface area contributed by atoms with Gasteiger partial charge >= 0.3 is 0 Å². The van der Waals surface area contributed by atoms with Crippen molar-refractivity contribution in [3.8, 4) is 11.6 Å². The van der Waals surface area contributed by atoms with E-state index in [4.69, 9.17) is 4.52 Å². The molecule has 3 rings (SSSR count). The van der Waals surface area contributed by atoms with Crippen molar-refractivity contribution in [1.29, 1.82) is 0 Å². The Bertz CT molecular complexity index is 833. The van der Waals surface area contributed by atoms with Crippen LogP contribution < -0.4 is 10.6 Å². The third-order valence-electron chi connectivity index (χ3n) is 3.44. The first-order valence-electron chi connectivity index (χ1n) is 7.98. The summed E-state index contributed by atoms with van der Waals surface area (Å²) in [4.78, 5) is 15.4. The van der Waals surface area contributed by atoms with E-state index < -0.39 is 0 Å². The van der Waals surface area contributed by atoms with Gasteiger partial charge in [0.1, 0.15) is 5.69 Å². The molecule has 0 fully saturated rings. The minimum Gasteiger partial charge on any atom is -0.356 e. The van der Waals surface area contributed by atoms with Crippen LogP contribution in [0.25, 0.3) is 11.6 Å². The molecule has 0 aliphatic rings. The number of rotatable bonds is 6. The first-order valence-corrected chi connectivity index (χ1v) is 8.80. The highest BCUT2D eigenvalue weighted by molar-refractivity contribution is 14.0. The molecule has 0 unspecified atom stereocenters. The Labute approximate surface area is 173 Å². The van der Waals surface area contributed by atoms with Crippen LogP contribution in [0.15, 0.2) is 46.0 Å². The normalized spacial score (nSPS) is 11.1. The average Bonchev–Trinajstić information content (AvgIpc) is 3.28. The van der Waals surface area contributed by atoms with Gasteiger partial charge in [-0.1, -0.05) is 11.2 Å². The highest BCUT2D eigenvalue weighted by Gasteiger charge is 2.09. The zero-order chi connectivity index (χ0) is 17.5. The molecule has 7 nitrogen and oxygen atoms in total. The van der Waals surface area contributed by atoms with Gasteiger partial charge in [-0.15, -0.1) is 35.3 Å². The molecule has 0 bridgehead atoms. The predicted molar refractivity (Wildman–Crippen MR) is 114 cm³/mol. The molecule has 0 spiro atoms. The standard InChI is InChI=1S/C17H20N6OS.HI/c1-12-6-7-13(25-12)11-21-17(18-2)20-10-8-15-22-16(24-23-15)14-5-3-4-9-19-14;/h3-7,9H,8,10-11H2,1-2H3,(H2,18,20,21);1H. The van der Waals surface area contributed by atoms with Crippen LogP contribution in [0.4, 0.5) is 0 Å². The Morgan fingerprint density at radius 2 is 2.12 bits per heavy atom. The summed E-state index contributed by atoms with van der Waals surface area (Å²) in [5.74, 6) is 1.82. The summed E-state index contributed by atoms with van der Waals surface area (Å²) in [5.41, 5.74) is 0.679. The lowest BCUT2D eigenvalue weighted by atomic mass is 10.3. The lowest BCUT2D eigenvalue weighted by Gasteiger charge is -2.10. The number of thiophene rings is 1. The third kappa shape index (κ3) is 5.77. The number of pyridine rings is 1. The first-order chi connectivity index (χ1) is 12.2. The van der Waals surface area contributed by atoms with Crippen molar-refractivity contribution in [2.45, 2.75) is 19.9 Å². The molecule has 3 aromatic heterocycles. The van der Waals surface area contributed by atoms with Crippen molar-refractivity contribution in [3.63, 3.8) is 0 Å². The molecule has 3 heterocycles. The van der Waals surface area contributed by atoms with Crippen LogP contribution in [0.1, 0.15) is 15.6 Å². The van der Waals surface area contributed by atoms with Crippen LogP contribution in [0.2, 0.25) is 0 Å². The van der Waals surface area contributed by atoms with Crippen LogP contribution in [0.3, 0.4) is 0 Å². The predicted octanol–water partition coefficient (Wildman–Crippen LogP) is 3.03. The summed E-state index contributed by atoms with van der Waals surface area (Å²) < 4.78 is 5.25. The minimum absolute atomic E-state index is 0. The van der Waals surface area contributed by atoms with E-state index in [0.29, 0.717) is 30.4 Å². The Morgan fingerprint density at radius 1 is 1.23 bits per heavy atom. The summed E-state index contributed by atoms with van der Waals surface area (Å²) in [6.45, 7) is 3.51. The molecule has 0 amide bonds. The average molecular weight is 484 g/mol. The molecule has 2 N–H and O–H groups in total. The highest BCUT2D eigenvalue weighted by Crippen LogP contribution is 2.14. The maximum atomic E-state index is 5.25. The Balaban J connectivity index is 0.00000243. The molecule has 0 saturated carbocycles. The van der Waals surface area contributed by atoms with E-state index in [-0.39, 0.29) is 24.0 Å². The van der Waals surface area contributed by atoms with Gasteiger partial charge in [-0.25, -0.2) is 0 Å². The molecule has 3 aromatic rings. The van der Waals surface area contributed by atoms with Gasteiger partial charge in [-0.3, -0.25) is 9.98 Å². The molecule has 0 radical (unpaired) electrons. The number of hydrogen-bond donors (Lipinski definition) is 2. The van der Waals surface area contributed by atoms with E-state index in [1.54, 1.807) is 24.6 Å². The monoisotopic (exact) mass is 484 g/mol. The largest absolute Gasteiger partial charge is 0.356 e. The van der Waals surface area contributed by atoms with Gasteiger partial charge in [0.05, 0.1) is 6.54 Å². The number of nitrogens with zero attached hydrogens (tertiary/aromatic N) is 4. The second kappa shape index (κ2) is 10.2.